The number of rotatable bonds is 8. The molecule has 3 aromatic rings. The number of hydrogen-bond donors (Lipinski definition) is 1. The number of ether oxygens (including phenoxy) is 1. The normalized spacial score (nSPS) is 10.5. The van der Waals surface area contributed by atoms with Gasteiger partial charge >= 0.3 is 0 Å². The number of halogens is 1. The second-order valence-electron chi connectivity index (χ2n) is 5.85. The highest BCUT2D eigenvalue weighted by Gasteiger charge is 2.11. The third-order valence-corrected chi connectivity index (χ3v) is 5.23. The SMILES string of the molecule is C=CCn1c(C)nnc1SCC(=O)Nc1ccc(Oc2ccc(Br)cc2)cc1. The number of aromatic nitrogens is 3. The van der Waals surface area contributed by atoms with Crippen LogP contribution in [0.4, 0.5) is 5.69 Å². The van der Waals surface area contributed by atoms with Crippen LogP contribution >= 0.6 is 27.7 Å². The molecule has 1 N–H and O–H groups in total. The maximum atomic E-state index is 12.2. The number of nitrogens with one attached hydrogen (secondary N) is 1. The van der Waals surface area contributed by atoms with Gasteiger partial charge in [0.15, 0.2) is 5.16 Å². The molecule has 0 fully saturated rings. The number of carbonyl (C=O) groups is 1. The van der Waals surface area contributed by atoms with Crippen molar-refractivity contribution < 1.29 is 9.53 Å². The molecule has 1 amide bonds. The molecule has 28 heavy (non-hydrogen) atoms. The van der Waals surface area contributed by atoms with Crippen LogP contribution in [-0.4, -0.2) is 26.4 Å². The van der Waals surface area contributed by atoms with Crippen molar-refractivity contribution in [1.29, 1.82) is 0 Å². The molecule has 0 aliphatic carbocycles. The van der Waals surface area contributed by atoms with E-state index >= 15 is 0 Å². The van der Waals surface area contributed by atoms with Crippen LogP contribution in [0.15, 0.2) is 70.8 Å². The van der Waals surface area contributed by atoms with Gasteiger partial charge in [-0.3, -0.25) is 4.79 Å². The average Bonchev–Trinajstić information content (AvgIpc) is 3.04. The predicted octanol–water partition coefficient (Wildman–Crippen LogP) is 5.06. The standard InChI is InChI=1S/C20H19BrN4O2S/c1-3-12-25-14(2)23-24-20(25)28-13-19(26)22-16-6-10-18(11-7-16)27-17-8-4-15(21)5-9-17/h3-11H,1,12-13H2,2H3,(H,22,26). The third-order valence-electron chi connectivity index (χ3n) is 3.73. The zero-order chi connectivity index (χ0) is 19.9. The Bertz CT molecular complexity index is 955. The molecule has 144 valence electrons. The molecule has 0 radical (unpaired) electrons. The maximum absolute atomic E-state index is 12.2. The summed E-state index contributed by atoms with van der Waals surface area (Å²) in [5, 5.41) is 11.7. The number of nitrogens with zero attached hydrogens (tertiary/aromatic N) is 3. The summed E-state index contributed by atoms with van der Waals surface area (Å²) in [6, 6.07) is 14.8. The molecule has 2 aromatic carbocycles. The van der Waals surface area contributed by atoms with Gasteiger partial charge in [0.2, 0.25) is 5.91 Å². The molecule has 1 heterocycles. The number of hydrogen-bond acceptors (Lipinski definition) is 5. The number of anilines is 1. The lowest BCUT2D eigenvalue weighted by Gasteiger charge is -2.08. The van der Waals surface area contributed by atoms with Crippen molar-refractivity contribution in [2.75, 3.05) is 11.1 Å². The number of thioether (sulfide) groups is 1. The maximum Gasteiger partial charge on any atom is 0.234 e. The fourth-order valence-corrected chi connectivity index (χ4v) is 3.44. The summed E-state index contributed by atoms with van der Waals surface area (Å²) in [6.45, 7) is 6.22. The van der Waals surface area contributed by atoms with E-state index in [2.05, 4.69) is 38.0 Å². The summed E-state index contributed by atoms with van der Waals surface area (Å²) >= 11 is 4.74. The van der Waals surface area contributed by atoms with E-state index in [-0.39, 0.29) is 11.7 Å². The average molecular weight is 459 g/mol. The van der Waals surface area contributed by atoms with Gasteiger partial charge in [0.1, 0.15) is 17.3 Å². The Balaban J connectivity index is 1.53. The van der Waals surface area contributed by atoms with Gasteiger partial charge in [0, 0.05) is 16.7 Å². The van der Waals surface area contributed by atoms with E-state index in [0.717, 1.165) is 16.0 Å². The Labute approximate surface area is 176 Å². The van der Waals surface area contributed by atoms with Gasteiger partial charge in [-0.1, -0.05) is 33.8 Å². The van der Waals surface area contributed by atoms with Gasteiger partial charge in [0.05, 0.1) is 5.75 Å². The lowest BCUT2D eigenvalue weighted by Crippen LogP contribution is -2.14. The molecule has 1 aromatic heterocycles. The zero-order valence-corrected chi connectivity index (χ0v) is 17.7. The second kappa shape index (κ2) is 9.57. The molecule has 0 aliphatic rings. The van der Waals surface area contributed by atoms with Crippen molar-refractivity contribution in [2.24, 2.45) is 0 Å². The van der Waals surface area contributed by atoms with E-state index in [1.165, 1.54) is 11.8 Å². The minimum Gasteiger partial charge on any atom is -0.457 e. The van der Waals surface area contributed by atoms with Crippen molar-refractivity contribution in [2.45, 2.75) is 18.6 Å². The van der Waals surface area contributed by atoms with Crippen LogP contribution in [0.2, 0.25) is 0 Å². The van der Waals surface area contributed by atoms with Crippen LogP contribution in [0.1, 0.15) is 5.82 Å². The van der Waals surface area contributed by atoms with E-state index in [4.69, 9.17) is 4.74 Å². The molecule has 0 bridgehead atoms. The fraction of sp³-hybridized carbons (Fsp3) is 0.150. The highest BCUT2D eigenvalue weighted by Crippen LogP contribution is 2.25. The van der Waals surface area contributed by atoms with Gasteiger partial charge < -0.3 is 14.6 Å². The Morgan fingerprint density at radius 1 is 1.18 bits per heavy atom. The quantitative estimate of drug-likeness (QED) is 0.377. The monoisotopic (exact) mass is 458 g/mol. The molecular weight excluding hydrogens is 440 g/mol. The summed E-state index contributed by atoms with van der Waals surface area (Å²) in [6.07, 6.45) is 1.78. The van der Waals surface area contributed by atoms with E-state index in [0.29, 0.717) is 23.1 Å². The van der Waals surface area contributed by atoms with E-state index in [1.807, 2.05) is 47.9 Å². The van der Waals surface area contributed by atoms with Gasteiger partial charge in [-0.25, -0.2) is 0 Å². The topological polar surface area (TPSA) is 69.0 Å². The minimum absolute atomic E-state index is 0.114. The van der Waals surface area contributed by atoms with Crippen LogP contribution in [0.5, 0.6) is 11.5 Å². The molecular formula is C20H19BrN4O2S. The van der Waals surface area contributed by atoms with E-state index in [1.54, 1.807) is 18.2 Å². The smallest absolute Gasteiger partial charge is 0.234 e. The predicted molar refractivity (Wildman–Crippen MR) is 115 cm³/mol. The fourth-order valence-electron chi connectivity index (χ4n) is 2.38. The zero-order valence-electron chi connectivity index (χ0n) is 15.3. The largest absolute Gasteiger partial charge is 0.457 e. The lowest BCUT2D eigenvalue weighted by molar-refractivity contribution is -0.113. The molecule has 0 saturated heterocycles. The molecule has 0 atom stereocenters. The molecule has 0 aliphatic heterocycles. The van der Waals surface area contributed by atoms with Crippen molar-refractivity contribution in [3.8, 4) is 11.5 Å². The highest BCUT2D eigenvalue weighted by atomic mass is 79.9. The molecule has 0 saturated carbocycles. The van der Waals surface area contributed by atoms with Crippen molar-refractivity contribution >= 4 is 39.3 Å². The second-order valence-corrected chi connectivity index (χ2v) is 7.70. The van der Waals surface area contributed by atoms with Crippen LogP contribution in [0.3, 0.4) is 0 Å². The number of benzene rings is 2. The first-order valence-corrected chi connectivity index (χ1v) is 10.3. The van der Waals surface area contributed by atoms with E-state index in [9.17, 15) is 4.79 Å². The van der Waals surface area contributed by atoms with Crippen LogP contribution in [0, 0.1) is 6.92 Å². The van der Waals surface area contributed by atoms with Gasteiger partial charge in [0.25, 0.3) is 0 Å². The molecule has 0 spiro atoms. The summed E-state index contributed by atoms with van der Waals surface area (Å²) in [5.74, 6) is 2.37. The summed E-state index contributed by atoms with van der Waals surface area (Å²) in [7, 11) is 0. The van der Waals surface area contributed by atoms with Crippen molar-refractivity contribution in [3.05, 3.63) is 71.5 Å². The molecule has 8 heteroatoms. The first-order chi connectivity index (χ1) is 13.5. The first kappa shape index (κ1) is 20.2. The Kier molecular flexibility index (Phi) is 6.89. The van der Waals surface area contributed by atoms with Crippen molar-refractivity contribution in [3.63, 3.8) is 0 Å². The molecule has 6 nitrogen and oxygen atoms in total. The minimum atomic E-state index is -0.114. The summed E-state index contributed by atoms with van der Waals surface area (Å²) < 4.78 is 8.68. The van der Waals surface area contributed by atoms with Crippen LogP contribution in [-0.2, 0) is 11.3 Å². The number of carbonyl (C=O) groups excluding carboxylic acids is 1. The number of allylic oxidation sites excluding steroid dienone is 1. The number of aryl methyl sites for hydroxylation is 1. The Morgan fingerprint density at radius 3 is 2.46 bits per heavy atom. The third kappa shape index (κ3) is 5.46. The van der Waals surface area contributed by atoms with E-state index < -0.39 is 0 Å². The number of amides is 1. The van der Waals surface area contributed by atoms with Gasteiger partial charge in [-0.2, -0.15) is 0 Å². The van der Waals surface area contributed by atoms with Crippen molar-refractivity contribution in [1.82, 2.24) is 14.8 Å². The highest BCUT2D eigenvalue weighted by molar-refractivity contribution is 9.10. The molecule has 3 rings (SSSR count). The molecule has 0 unspecified atom stereocenters. The Hall–Kier alpha value is -2.58. The van der Waals surface area contributed by atoms with Crippen LogP contribution in [0.25, 0.3) is 0 Å². The summed E-state index contributed by atoms with van der Waals surface area (Å²) in [4.78, 5) is 12.2. The summed E-state index contributed by atoms with van der Waals surface area (Å²) in [5.41, 5.74) is 0.706. The first-order valence-electron chi connectivity index (χ1n) is 8.52. The van der Waals surface area contributed by atoms with Crippen LogP contribution < -0.4 is 10.1 Å². The lowest BCUT2D eigenvalue weighted by atomic mass is 10.3. The Morgan fingerprint density at radius 2 is 1.82 bits per heavy atom. The van der Waals surface area contributed by atoms with Gasteiger partial charge in [-0.05, 0) is 55.5 Å². The van der Waals surface area contributed by atoms with Gasteiger partial charge in [-0.15, -0.1) is 16.8 Å².